The highest BCUT2D eigenvalue weighted by Crippen LogP contribution is 2.27. The van der Waals surface area contributed by atoms with Gasteiger partial charge in [0.2, 0.25) is 5.91 Å². The van der Waals surface area contributed by atoms with Crippen LogP contribution in [0, 0.1) is 5.92 Å². The maximum atomic E-state index is 11.6. The molecule has 0 aliphatic carbocycles. The normalized spacial score (nSPS) is 15.2. The molecule has 4 nitrogen and oxygen atoms in total. The molecule has 1 atom stereocenters. The largest absolute Gasteiger partial charge is 0.371 e. The van der Waals surface area contributed by atoms with Crippen LogP contribution in [0.15, 0.2) is 24.3 Å². The number of nitrogens with zero attached hydrogens (tertiary/aromatic N) is 1. The predicted octanol–water partition coefficient (Wildman–Crippen LogP) is 1.15. The maximum absolute atomic E-state index is 11.6. The average molecular weight is 261 g/mol. The Morgan fingerprint density at radius 3 is 3.05 bits per heavy atom. The van der Waals surface area contributed by atoms with Crippen LogP contribution >= 0.6 is 0 Å². The first-order valence-corrected chi connectivity index (χ1v) is 7.03. The van der Waals surface area contributed by atoms with Gasteiger partial charge in [0.05, 0.1) is 0 Å². The summed E-state index contributed by atoms with van der Waals surface area (Å²) in [6.45, 7) is 5.07. The Bertz CT molecular complexity index is 433. The van der Waals surface area contributed by atoms with E-state index in [-0.39, 0.29) is 11.8 Å². The molecule has 0 fully saturated rings. The van der Waals surface area contributed by atoms with Crippen LogP contribution in [0.25, 0.3) is 0 Å². The summed E-state index contributed by atoms with van der Waals surface area (Å²) in [7, 11) is 0. The molecule has 0 aromatic heterocycles. The Morgan fingerprint density at radius 2 is 2.26 bits per heavy atom. The second-order valence-corrected chi connectivity index (χ2v) is 5.15. The van der Waals surface area contributed by atoms with Crippen LogP contribution in [0.4, 0.5) is 5.69 Å². The number of carbonyl (C=O) groups is 1. The first-order chi connectivity index (χ1) is 9.22. The summed E-state index contributed by atoms with van der Waals surface area (Å²) >= 11 is 0. The molecule has 0 bridgehead atoms. The molecule has 3 N–H and O–H groups in total. The zero-order valence-electron chi connectivity index (χ0n) is 11.6. The van der Waals surface area contributed by atoms with Gasteiger partial charge in [0.15, 0.2) is 0 Å². The Labute approximate surface area is 115 Å². The standard InChI is InChI=1S/C15H23N3O/c1-12(11-16)15(19)17-8-4-9-18-10-7-13-5-2-3-6-14(13)18/h2-3,5-6,12H,4,7-11,16H2,1H3,(H,17,19). The topological polar surface area (TPSA) is 58.4 Å². The highest BCUT2D eigenvalue weighted by atomic mass is 16.1. The molecule has 1 heterocycles. The smallest absolute Gasteiger partial charge is 0.224 e. The summed E-state index contributed by atoms with van der Waals surface area (Å²) in [5.41, 5.74) is 8.25. The zero-order chi connectivity index (χ0) is 13.7. The van der Waals surface area contributed by atoms with Crippen molar-refractivity contribution in [2.45, 2.75) is 19.8 Å². The molecule has 4 heteroatoms. The van der Waals surface area contributed by atoms with E-state index in [1.54, 1.807) is 0 Å². The lowest BCUT2D eigenvalue weighted by atomic mass is 10.1. The summed E-state index contributed by atoms with van der Waals surface area (Å²) in [6, 6.07) is 8.55. The number of anilines is 1. The Hall–Kier alpha value is -1.55. The van der Waals surface area contributed by atoms with E-state index in [1.807, 2.05) is 6.92 Å². The van der Waals surface area contributed by atoms with Crippen LogP contribution in [-0.2, 0) is 11.2 Å². The summed E-state index contributed by atoms with van der Waals surface area (Å²) in [6.07, 6.45) is 2.10. The van der Waals surface area contributed by atoms with Gasteiger partial charge in [-0.1, -0.05) is 25.1 Å². The van der Waals surface area contributed by atoms with E-state index in [9.17, 15) is 4.79 Å². The Kier molecular flexibility index (Phi) is 4.80. The van der Waals surface area contributed by atoms with Gasteiger partial charge in [-0.25, -0.2) is 0 Å². The van der Waals surface area contributed by atoms with Crippen molar-refractivity contribution in [2.75, 3.05) is 31.1 Å². The Morgan fingerprint density at radius 1 is 1.47 bits per heavy atom. The van der Waals surface area contributed by atoms with Gasteiger partial charge < -0.3 is 16.0 Å². The van der Waals surface area contributed by atoms with Crippen LogP contribution in [0.1, 0.15) is 18.9 Å². The number of benzene rings is 1. The van der Waals surface area contributed by atoms with Crippen molar-refractivity contribution in [3.63, 3.8) is 0 Å². The Balaban J connectivity index is 1.72. The summed E-state index contributed by atoms with van der Waals surface area (Å²) in [4.78, 5) is 14.0. The molecule has 0 saturated heterocycles. The van der Waals surface area contributed by atoms with Crippen LogP contribution < -0.4 is 16.0 Å². The first-order valence-electron chi connectivity index (χ1n) is 7.03. The predicted molar refractivity (Wildman–Crippen MR) is 78.2 cm³/mol. The number of amides is 1. The van der Waals surface area contributed by atoms with Crippen LogP contribution in [0.2, 0.25) is 0 Å². The molecular weight excluding hydrogens is 238 g/mol. The van der Waals surface area contributed by atoms with E-state index in [0.29, 0.717) is 6.54 Å². The number of fused-ring (bicyclic) bond motifs is 1. The molecule has 1 aromatic carbocycles. The molecule has 0 saturated carbocycles. The van der Waals surface area contributed by atoms with E-state index in [2.05, 4.69) is 34.5 Å². The van der Waals surface area contributed by atoms with Crippen molar-refractivity contribution in [1.82, 2.24) is 5.32 Å². The fourth-order valence-electron chi connectivity index (χ4n) is 2.40. The third kappa shape index (κ3) is 3.47. The van der Waals surface area contributed by atoms with E-state index in [1.165, 1.54) is 11.3 Å². The number of carbonyl (C=O) groups excluding carboxylic acids is 1. The van der Waals surface area contributed by atoms with Crippen molar-refractivity contribution >= 4 is 11.6 Å². The monoisotopic (exact) mass is 261 g/mol. The molecule has 1 unspecified atom stereocenters. The minimum absolute atomic E-state index is 0.0596. The van der Waals surface area contributed by atoms with Crippen LogP contribution in [0.3, 0.4) is 0 Å². The molecule has 1 aliphatic rings. The van der Waals surface area contributed by atoms with Crippen molar-refractivity contribution < 1.29 is 4.79 Å². The number of rotatable bonds is 6. The zero-order valence-corrected chi connectivity index (χ0v) is 11.6. The lowest BCUT2D eigenvalue weighted by Crippen LogP contribution is -2.35. The second-order valence-electron chi connectivity index (χ2n) is 5.15. The van der Waals surface area contributed by atoms with Gasteiger partial charge in [-0.15, -0.1) is 0 Å². The number of hydrogen-bond donors (Lipinski definition) is 2. The molecule has 0 radical (unpaired) electrons. The molecule has 19 heavy (non-hydrogen) atoms. The third-order valence-electron chi connectivity index (χ3n) is 3.69. The van der Waals surface area contributed by atoms with Gasteiger partial charge in [-0.2, -0.15) is 0 Å². The van der Waals surface area contributed by atoms with Gasteiger partial charge in [0.1, 0.15) is 0 Å². The molecule has 104 valence electrons. The van der Waals surface area contributed by atoms with Gasteiger partial charge in [0.25, 0.3) is 0 Å². The highest BCUT2D eigenvalue weighted by molar-refractivity contribution is 5.78. The maximum Gasteiger partial charge on any atom is 0.224 e. The molecule has 2 rings (SSSR count). The minimum atomic E-state index is -0.0903. The lowest BCUT2D eigenvalue weighted by Gasteiger charge is -2.19. The number of hydrogen-bond acceptors (Lipinski definition) is 3. The first kappa shape index (κ1) is 13.9. The fourth-order valence-corrected chi connectivity index (χ4v) is 2.40. The third-order valence-corrected chi connectivity index (χ3v) is 3.69. The van der Waals surface area contributed by atoms with E-state index in [0.717, 1.165) is 32.5 Å². The number of nitrogens with one attached hydrogen (secondary N) is 1. The van der Waals surface area contributed by atoms with Crippen molar-refractivity contribution in [3.8, 4) is 0 Å². The van der Waals surface area contributed by atoms with Gasteiger partial charge in [0, 0.05) is 37.8 Å². The molecule has 0 spiro atoms. The average Bonchev–Trinajstić information content (AvgIpc) is 2.86. The molecule has 1 aliphatic heterocycles. The summed E-state index contributed by atoms with van der Waals surface area (Å²) in [5.74, 6) is -0.0307. The van der Waals surface area contributed by atoms with Crippen LogP contribution in [-0.4, -0.2) is 32.1 Å². The highest BCUT2D eigenvalue weighted by Gasteiger charge is 2.17. The van der Waals surface area contributed by atoms with Crippen LogP contribution in [0.5, 0.6) is 0 Å². The number of nitrogens with two attached hydrogens (primary N) is 1. The van der Waals surface area contributed by atoms with E-state index in [4.69, 9.17) is 5.73 Å². The minimum Gasteiger partial charge on any atom is -0.371 e. The summed E-state index contributed by atoms with van der Waals surface area (Å²) < 4.78 is 0. The SMILES string of the molecule is CC(CN)C(=O)NCCCN1CCc2ccccc21. The summed E-state index contributed by atoms with van der Waals surface area (Å²) in [5, 5.41) is 2.94. The van der Waals surface area contributed by atoms with Crippen molar-refractivity contribution in [3.05, 3.63) is 29.8 Å². The van der Waals surface area contributed by atoms with Crippen molar-refractivity contribution in [1.29, 1.82) is 0 Å². The van der Waals surface area contributed by atoms with E-state index < -0.39 is 0 Å². The van der Waals surface area contributed by atoms with Crippen molar-refractivity contribution in [2.24, 2.45) is 11.7 Å². The quantitative estimate of drug-likeness (QED) is 0.755. The molecule has 1 aromatic rings. The van der Waals surface area contributed by atoms with Gasteiger partial charge >= 0.3 is 0 Å². The molecular formula is C15H23N3O. The second kappa shape index (κ2) is 6.57. The lowest BCUT2D eigenvalue weighted by molar-refractivity contribution is -0.124. The fraction of sp³-hybridized carbons (Fsp3) is 0.533. The van der Waals surface area contributed by atoms with Gasteiger partial charge in [-0.3, -0.25) is 4.79 Å². The van der Waals surface area contributed by atoms with E-state index >= 15 is 0 Å². The number of para-hydroxylation sites is 1. The van der Waals surface area contributed by atoms with Gasteiger partial charge in [-0.05, 0) is 24.5 Å². The molecule has 1 amide bonds.